The van der Waals surface area contributed by atoms with Crippen molar-refractivity contribution in [2.45, 2.75) is 23.6 Å². The van der Waals surface area contributed by atoms with Gasteiger partial charge in [0.15, 0.2) is 5.16 Å². The van der Waals surface area contributed by atoms with E-state index in [1.807, 2.05) is 35.0 Å². The fourth-order valence-electron chi connectivity index (χ4n) is 2.90. The van der Waals surface area contributed by atoms with Crippen molar-refractivity contribution in [3.8, 4) is 0 Å². The Balaban J connectivity index is 1.56. The van der Waals surface area contributed by atoms with Crippen LogP contribution in [-0.4, -0.2) is 56.6 Å². The molecule has 0 saturated carbocycles. The fraction of sp³-hybridized carbons (Fsp3) is 0.438. The number of nitrogens with zero attached hydrogens (tertiary/aromatic N) is 6. The third kappa shape index (κ3) is 4.19. The van der Waals surface area contributed by atoms with Crippen LogP contribution >= 0.6 is 11.8 Å². The number of anilines is 1. The highest BCUT2D eigenvalue weighted by atomic mass is 32.2. The number of ether oxygens (including phenoxy) is 1. The van der Waals surface area contributed by atoms with Crippen molar-refractivity contribution in [2.24, 2.45) is 0 Å². The molecule has 1 fully saturated rings. The Kier molecular flexibility index (Phi) is 4.96. The normalized spacial score (nSPS) is 15.6. The van der Waals surface area contributed by atoms with E-state index in [9.17, 15) is 13.2 Å². The largest absolute Gasteiger partial charge is 0.406 e. The van der Waals surface area contributed by atoms with Crippen LogP contribution in [0, 0.1) is 0 Å². The molecular weight excluding hydrogens is 381 g/mol. The molecule has 3 aromatic heterocycles. The van der Waals surface area contributed by atoms with Gasteiger partial charge in [0.1, 0.15) is 12.2 Å². The van der Waals surface area contributed by atoms with Crippen LogP contribution in [0.4, 0.5) is 19.1 Å². The van der Waals surface area contributed by atoms with E-state index in [2.05, 4.69) is 15.2 Å². The zero-order chi connectivity index (χ0) is 18.9. The summed E-state index contributed by atoms with van der Waals surface area (Å²) in [7, 11) is 0. The van der Waals surface area contributed by atoms with Gasteiger partial charge in [0.2, 0.25) is 5.95 Å². The molecule has 0 atom stereocenters. The number of hydrogen-bond acceptors (Lipinski definition) is 6. The maximum atomic E-state index is 13.1. The first-order chi connectivity index (χ1) is 13.0. The number of rotatable bonds is 5. The third-order valence-electron chi connectivity index (χ3n) is 4.09. The summed E-state index contributed by atoms with van der Waals surface area (Å²) in [5.41, 5.74) is 1.56. The summed E-state index contributed by atoms with van der Waals surface area (Å²) in [6.07, 6.45) is -0.628. The van der Waals surface area contributed by atoms with Gasteiger partial charge in [-0.3, -0.25) is 4.57 Å². The summed E-state index contributed by atoms with van der Waals surface area (Å²) in [4.78, 5) is 6.24. The molecule has 4 heterocycles. The first-order valence-corrected chi connectivity index (χ1v) is 9.36. The van der Waals surface area contributed by atoms with E-state index < -0.39 is 12.7 Å². The Morgan fingerprint density at radius 1 is 1.15 bits per heavy atom. The Labute approximate surface area is 157 Å². The van der Waals surface area contributed by atoms with Crippen LogP contribution in [0.25, 0.3) is 5.65 Å². The van der Waals surface area contributed by atoms with E-state index in [1.165, 1.54) is 11.8 Å². The fourth-order valence-corrected chi connectivity index (χ4v) is 3.71. The van der Waals surface area contributed by atoms with Gasteiger partial charge in [-0.05, 0) is 12.1 Å². The monoisotopic (exact) mass is 398 g/mol. The van der Waals surface area contributed by atoms with Crippen LogP contribution in [0.15, 0.2) is 35.7 Å². The van der Waals surface area contributed by atoms with Crippen molar-refractivity contribution < 1.29 is 17.9 Å². The molecule has 7 nitrogen and oxygen atoms in total. The molecule has 0 N–H and O–H groups in total. The van der Waals surface area contributed by atoms with Gasteiger partial charge in [-0.2, -0.15) is 13.2 Å². The first kappa shape index (κ1) is 18.1. The zero-order valence-electron chi connectivity index (χ0n) is 14.3. The lowest BCUT2D eigenvalue weighted by Gasteiger charge is -2.28. The molecule has 0 radical (unpaired) electrons. The van der Waals surface area contributed by atoms with Crippen LogP contribution < -0.4 is 4.90 Å². The molecule has 0 bridgehead atoms. The number of imidazole rings is 1. The predicted octanol–water partition coefficient (Wildman–Crippen LogP) is 2.62. The minimum absolute atomic E-state index is 0.228. The van der Waals surface area contributed by atoms with Crippen molar-refractivity contribution >= 4 is 23.4 Å². The highest BCUT2D eigenvalue weighted by molar-refractivity contribution is 7.98. The number of aromatic nitrogens is 5. The number of morpholine rings is 1. The molecule has 0 spiro atoms. The predicted molar refractivity (Wildman–Crippen MR) is 93.9 cm³/mol. The summed E-state index contributed by atoms with van der Waals surface area (Å²) in [6.45, 7) is 0.783. The second-order valence-corrected chi connectivity index (χ2v) is 7.01. The lowest BCUT2D eigenvalue weighted by atomic mass is 10.4. The molecule has 0 aliphatic carbocycles. The number of hydrogen-bond donors (Lipinski definition) is 0. The highest BCUT2D eigenvalue weighted by Gasteiger charge is 2.32. The maximum absolute atomic E-state index is 13.1. The van der Waals surface area contributed by atoms with Gasteiger partial charge < -0.3 is 14.0 Å². The van der Waals surface area contributed by atoms with Crippen LogP contribution in [0.3, 0.4) is 0 Å². The molecule has 0 amide bonds. The highest BCUT2D eigenvalue weighted by Crippen LogP contribution is 2.29. The van der Waals surface area contributed by atoms with Gasteiger partial charge in [-0.15, -0.1) is 10.2 Å². The van der Waals surface area contributed by atoms with Gasteiger partial charge in [0.05, 0.1) is 18.9 Å². The van der Waals surface area contributed by atoms with Crippen LogP contribution in [0.5, 0.6) is 0 Å². The Morgan fingerprint density at radius 2 is 1.96 bits per heavy atom. The Morgan fingerprint density at radius 3 is 2.70 bits per heavy atom. The molecule has 144 valence electrons. The molecule has 1 aliphatic rings. The van der Waals surface area contributed by atoms with Crippen molar-refractivity contribution in [1.82, 2.24) is 24.1 Å². The smallest absolute Gasteiger partial charge is 0.378 e. The molecule has 1 aliphatic heterocycles. The number of fused-ring (bicyclic) bond motifs is 1. The molecule has 0 unspecified atom stereocenters. The summed E-state index contributed by atoms with van der Waals surface area (Å²) >= 11 is 1.20. The van der Waals surface area contributed by atoms with Crippen LogP contribution in [0.2, 0.25) is 0 Å². The van der Waals surface area contributed by atoms with E-state index in [0.717, 1.165) is 15.9 Å². The number of halogens is 3. The van der Waals surface area contributed by atoms with Gasteiger partial charge in [0.25, 0.3) is 0 Å². The minimum atomic E-state index is -4.36. The summed E-state index contributed by atoms with van der Waals surface area (Å²) in [5.74, 6) is 0.633. The summed E-state index contributed by atoms with van der Waals surface area (Å²) in [5, 5.41) is 8.25. The SMILES string of the molecule is FC(F)(F)Cn1c(SCc2cn3ccccc3n2)nnc1N1CCOCC1. The van der Waals surface area contributed by atoms with E-state index >= 15 is 0 Å². The third-order valence-corrected chi connectivity index (χ3v) is 5.09. The van der Waals surface area contributed by atoms with Gasteiger partial charge >= 0.3 is 6.18 Å². The molecular formula is C16H17F3N6OS. The average molecular weight is 398 g/mol. The molecule has 3 aromatic rings. The van der Waals surface area contributed by atoms with Gasteiger partial charge in [0, 0.05) is 31.2 Å². The van der Waals surface area contributed by atoms with Gasteiger partial charge in [-0.1, -0.05) is 17.8 Å². The summed E-state index contributed by atoms with van der Waals surface area (Å²) < 4.78 is 47.6. The molecule has 0 aromatic carbocycles. The quantitative estimate of drug-likeness (QED) is 0.616. The number of alkyl halides is 3. The lowest BCUT2D eigenvalue weighted by Crippen LogP contribution is -2.38. The van der Waals surface area contributed by atoms with E-state index in [1.54, 1.807) is 4.90 Å². The lowest BCUT2D eigenvalue weighted by molar-refractivity contribution is -0.141. The van der Waals surface area contributed by atoms with Crippen LogP contribution in [-0.2, 0) is 17.0 Å². The molecule has 4 rings (SSSR count). The van der Waals surface area contributed by atoms with Crippen molar-refractivity contribution in [3.05, 3.63) is 36.3 Å². The second-order valence-electron chi connectivity index (χ2n) is 6.07. The Hall–Kier alpha value is -2.27. The van der Waals surface area contributed by atoms with Gasteiger partial charge in [-0.25, -0.2) is 4.98 Å². The summed E-state index contributed by atoms with van der Waals surface area (Å²) in [6, 6.07) is 5.64. The van der Waals surface area contributed by atoms with E-state index in [4.69, 9.17) is 4.74 Å². The zero-order valence-corrected chi connectivity index (χ0v) is 15.1. The maximum Gasteiger partial charge on any atom is 0.406 e. The van der Waals surface area contributed by atoms with E-state index in [0.29, 0.717) is 32.1 Å². The standard InChI is InChI=1S/C16H17F3N6OS/c17-16(18,19)11-25-14(23-5-7-26-8-6-23)21-22-15(25)27-10-12-9-24-4-2-1-3-13(24)20-12/h1-4,9H,5-8,10-11H2. The molecule has 1 saturated heterocycles. The topological polar surface area (TPSA) is 60.5 Å². The van der Waals surface area contributed by atoms with E-state index in [-0.39, 0.29) is 11.1 Å². The molecule has 27 heavy (non-hydrogen) atoms. The van der Waals surface area contributed by atoms with Crippen molar-refractivity contribution in [3.63, 3.8) is 0 Å². The minimum Gasteiger partial charge on any atom is -0.378 e. The molecule has 11 heteroatoms. The van der Waals surface area contributed by atoms with Crippen molar-refractivity contribution in [1.29, 1.82) is 0 Å². The number of pyridine rings is 1. The Bertz CT molecular complexity index is 885. The average Bonchev–Trinajstić information content (AvgIpc) is 3.23. The van der Waals surface area contributed by atoms with Crippen LogP contribution in [0.1, 0.15) is 5.69 Å². The number of thioether (sulfide) groups is 1. The van der Waals surface area contributed by atoms with Crippen molar-refractivity contribution in [2.75, 3.05) is 31.2 Å². The first-order valence-electron chi connectivity index (χ1n) is 8.38. The second kappa shape index (κ2) is 7.39.